The second kappa shape index (κ2) is 7.02. The Morgan fingerprint density at radius 1 is 1.27 bits per heavy atom. The van der Waals surface area contributed by atoms with Crippen LogP contribution in [0.5, 0.6) is 0 Å². The van der Waals surface area contributed by atoms with Gasteiger partial charge < -0.3 is 9.72 Å². The molecule has 1 N–H and O–H groups in total. The SMILES string of the molecule is Cc1nc(C)c(CCC(=O)O[C@H](C)c2ccccc2)c(=O)[nH]1. The van der Waals surface area contributed by atoms with Crippen molar-refractivity contribution in [2.24, 2.45) is 0 Å². The Morgan fingerprint density at radius 3 is 2.59 bits per heavy atom. The van der Waals surface area contributed by atoms with Crippen LogP contribution >= 0.6 is 0 Å². The van der Waals surface area contributed by atoms with Crippen molar-refractivity contribution in [2.75, 3.05) is 0 Å². The molecule has 0 aliphatic rings. The van der Waals surface area contributed by atoms with E-state index in [-0.39, 0.29) is 24.1 Å². The van der Waals surface area contributed by atoms with Crippen LogP contribution in [0.25, 0.3) is 0 Å². The van der Waals surface area contributed by atoms with Gasteiger partial charge in [-0.1, -0.05) is 30.3 Å². The van der Waals surface area contributed by atoms with Crippen LogP contribution in [-0.4, -0.2) is 15.9 Å². The normalized spacial score (nSPS) is 12.0. The van der Waals surface area contributed by atoms with Crippen molar-refractivity contribution in [3.8, 4) is 0 Å². The predicted molar refractivity (Wildman–Crippen MR) is 83.6 cm³/mol. The third kappa shape index (κ3) is 4.04. The summed E-state index contributed by atoms with van der Waals surface area (Å²) in [5, 5.41) is 0. The summed E-state index contributed by atoms with van der Waals surface area (Å²) < 4.78 is 5.39. The summed E-state index contributed by atoms with van der Waals surface area (Å²) >= 11 is 0. The predicted octanol–water partition coefficient (Wildman–Crippen LogP) is 2.62. The molecule has 2 rings (SSSR count). The van der Waals surface area contributed by atoms with E-state index in [4.69, 9.17) is 4.74 Å². The van der Waals surface area contributed by atoms with Gasteiger partial charge in [-0.05, 0) is 32.8 Å². The Kier molecular flexibility index (Phi) is 5.09. The fourth-order valence-electron chi connectivity index (χ4n) is 2.32. The molecule has 0 saturated carbocycles. The van der Waals surface area contributed by atoms with Crippen molar-refractivity contribution in [1.82, 2.24) is 9.97 Å². The van der Waals surface area contributed by atoms with Crippen molar-refractivity contribution in [3.63, 3.8) is 0 Å². The molecule has 1 aromatic carbocycles. The fourth-order valence-corrected chi connectivity index (χ4v) is 2.32. The molecule has 0 saturated heterocycles. The molecule has 0 unspecified atom stereocenters. The second-order valence-corrected chi connectivity index (χ2v) is 5.26. The van der Waals surface area contributed by atoms with Gasteiger partial charge in [-0.2, -0.15) is 0 Å². The molecule has 0 bridgehead atoms. The van der Waals surface area contributed by atoms with E-state index in [1.165, 1.54) is 0 Å². The lowest BCUT2D eigenvalue weighted by molar-refractivity contribution is -0.148. The average Bonchev–Trinajstić information content (AvgIpc) is 2.47. The van der Waals surface area contributed by atoms with Crippen molar-refractivity contribution in [2.45, 2.75) is 39.7 Å². The first-order valence-corrected chi connectivity index (χ1v) is 7.28. The van der Waals surface area contributed by atoms with Gasteiger partial charge in [0.15, 0.2) is 0 Å². The van der Waals surface area contributed by atoms with E-state index < -0.39 is 0 Å². The zero-order chi connectivity index (χ0) is 16.1. The number of rotatable bonds is 5. The number of aryl methyl sites for hydroxylation is 2. The third-order valence-corrected chi connectivity index (χ3v) is 3.50. The van der Waals surface area contributed by atoms with Crippen molar-refractivity contribution in [1.29, 1.82) is 0 Å². The van der Waals surface area contributed by atoms with Gasteiger partial charge in [0.2, 0.25) is 0 Å². The van der Waals surface area contributed by atoms with E-state index in [0.717, 1.165) is 5.56 Å². The summed E-state index contributed by atoms with van der Waals surface area (Å²) in [5.41, 5.74) is 1.95. The fraction of sp³-hybridized carbons (Fsp3) is 0.353. The number of carbonyl (C=O) groups is 1. The summed E-state index contributed by atoms with van der Waals surface area (Å²) in [6, 6.07) is 9.55. The van der Waals surface area contributed by atoms with Gasteiger partial charge in [-0.15, -0.1) is 0 Å². The minimum absolute atomic E-state index is 0.159. The molecule has 0 aliphatic carbocycles. The molecular formula is C17H20N2O3. The highest BCUT2D eigenvalue weighted by atomic mass is 16.5. The number of H-pyrrole nitrogens is 1. The quantitative estimate of drug-likeness (QED) is 0.862. The maximum absolute atomic E-state index is 11.9. The summed E-state index contributed by atoms with van der Waals surface area (Å²) in [5.74, 6) is 0.252. The first-order chi connectivity index (χ1) is 10.5. The van der Waals surface area contributed by atoms with Gasteiger partial charge in [0.05, 0.1) is 0 Å². The van der Waals surface area contributed by atoms with Crippen LogP contribution in [0.2, 0.25) is 0 Å². The number of benzene rings is 1. The van der Waals surface area contributed by atoms with E-state index in [2.05, 4.69) is 9.97 Å². The Morgan fingerprint density at radius 2 is 1.95 bits per heavy atom. The van der Waals surface area contributed by atoms with Crippen molar-refractivity contribution < 1.29 is 9.53 Å². The number of hydrogen-bond acceptors (Lipinski definition) is 4. The molecular weight excluding hydrogens is 280 g/mol. The van der Waals surface area contributed by atoms with Crippen LogP contribution in [-0.2, 0) is 16.0 Å². The average molecular weight is 300 g/mol. The van der Waals surface area contributed by atoms with Gasteiger partial charge in [-0.3, -0.25) is 9.59 Å². The Bertz CT molecular complexity index is 708. The van der Waals surface area contributed by atoms with Crippen LogP contribution in [0.4, 0.5) is 0 Å². The summed E-state index contributed by atoms with van der Waals surface area (Å²) in [6.45, 7) is 5.34. The Hall–Kier alpha value is -2.43. The molecule has 2 aromatic rings. The van der Waals surface area contributed by atoms with E-state index in [1.54, 1.807) is 13.8 Å². The summed E-state index contributed by atoms with van der Waals surface area (Å²) in [7, 11) is 0. The summed E-state index contributed by atoms with van der Waals surface area (Å²) in [6.07, 6.45) is 0.185. The first kappa shape index (κ1) is 15.9. The highest BCUT2D eigenvalue weighted by Gasteiger charge is 2.14. The van der Waals surface area contributed by atoms with E-state index in [0.29, 0.717) is 23.5 Å². The van der Waals surface area contributed by atoms with Crippen LogP contribution in [0.1, 0.15) is 42.1 Å². The molecule has 116 valence electrons. The smallest absolute Gasteiger partial charge is 0.306 e. The van der Waals surface area contributed by atoms with Gasteiger partial charge in [0, 0.05) is 17.7 Å². The van der Waals surface area contributed by atoms with Crippen LogP contribution < -0.4 is 5.56 Å². The Labute approximate surface area is 129 Å². The standard InChI is InChI=1S/C17H20N2O3/c1-11-15(17(21)19-13(3)18-11)9-10-16(20)22-12(2)14-7-5-4-6-8-14/h4-8,12H,9-10H2,1-3H3,(H,18,19,21)/t12-/m1/s1. The van der Waals surface area contributed by atoms with Crippen LogP contribution in [0, 0.1) is 13.8 Å². The van der Waals surface area contributed by atoms with E-state index in [1.807, 2.05) is 37.3 Å². The van der Waals surface area contributed by atoms with Gasteiger partial charge in [-0.25, -0.2) is 4.98 Å². The highest BCUT2D eigenvalue weighted by Crippen LogP contribution is 2.17. The monoisotopic (exact) mass is 300 g/mol. The second-order valence-electron chi connectivity index (χ2n) is 5.26. The first-order valence-electron chi connectivity index (χ1n) is 7.28. The maximum atomic E-state index is 11.9. The van der Waals surface area contributed by atoms with Crippen molar-refractivity contribution in [3.05, 3.63) is 63.3 Å². The number of carbonyl (C=O) groups excluding carboxylic acids is 1. The Balaban J connectivity index is 1.95. The number of nitrogens with one attached hydrogen (secondary N) is 1. The largest absolute Gasteiger partial charge is 0.458 e. The number of nitrogens with zero attached hydrogens (tertiary/aromatic N) is 1. The zero-order valence-electron chi connectivity index (χ0n) is 13.1. The molecule has 5 heteroatoms. The van der Waals surface area contributed by atoms with E-state index >= 15 is 0 Å². The number of aromatic nitrogens is 2. The van der Waals surface area contributed by atoms with Gasteiger partial charge >= 0.3 is 5.97 Å². The third-order valence-electron chi connectivity index (χ3n) is 3.50. The number of ether oxygens (including phenoxy) is 1. The molecule has 1 atom stereocenters. The number of esters is 1. The maximum Gasteiger partial charge on any atom is 0.306 e. The molecule has 0 amide bonds. The molecule has 1 heterocycles. The van der Waals surface area contributed by atoms with Crippen molar-refractivity contribution >= 4 is 5.97 Å². The lowest BCUT2D eigenvalue weighted by atomic mass is 10.1. The van der Waals surface area contributed by atoms with E-state index in [9.17, 15) is 9.59 Å². The topological polar surface area (TPSA) is 72.0 Å². The number of hydrogen-bond donors (Lipinski definition) is 1. The van der Waals surface area contributed by atoms with Gasteiger partial charge in [0.1, 0.15) is 11.9 Å². The minimum Gasteiger partial charge on any atom is -0.458 e. The molecule has 1 aromatic heterocycles. The zero-order valence-corrected chi connectivity index (χ0v) is 13.1. The van der Waals surface area contributed by atoms with Gasteiger partial charge in [0.25, 0.3) is 5.56 Å². The summed E-state index contributed by atoms with van der Waals surface area (Å²) in [4.78, 5) is 30.7. The molecule has 0 radical (unpaired) electrons. The lowest BCUT2D eigenvalue weighted by Gasteiger charge is -2.13. The number of aromatic amines is 1. The molecule has 0 fully saturated rings. The molecule has 0 spiro atoms. The molecule has 5 nitrogen and oxygen atoms in total. The highest BCUT2D eigenvalue weighted by molar-refractivity contribution is 5.70. The minimum atomic E-state index is -0.323. The van der Waals surface area contributed by atoms with Crippen LogP contribution in [0.3, 0.4) is 0 Å². The molecule has 22 heavy (non-hydrogen) atoms. The van der Waals surface area contributed by atoms with Crippen LogP contribution in [0.15, 0.2) is 35.1 Å². The lowest BCUT2D eigenvalue weighted by Crippen LogP contribution is -2.19. The molecule has 0 aliphatic heterocycles.